The van der Waals surface area contributed by atoms with Crippen LogP contribution in [0, 0.1) is 0 Å². The molecule has 1 aliphatic rings. The number of nitrogens with one attached hydrogen (secondary N) is 2. The quantitative estimate of drug-likeness (QED) is 0.847. The van der Waals surface area contributed by atoms with E-state index in [1.54, 1.807) is 0 Å². The number of benzene rings is 1. The molecule has 0 aliphatic carbocycles. The van der Waals surface area contributed by atoms with E-state index in [-0.39, 0.29) is 11.9 Å². The number of fused-ring (bicyclic) bond motifs is 1. The van der Waals surface area contributed by atoms with Crippen LogP contribution in [0.15, 0.2) is 24.3 Å². The van der Waals surface area contributed by atoms with E-state index < -0.39 is 0 Å². The van der Waals surface area contributed by atoms with Crippen molar-refractivity contribution >= 4 is 11.6 Å². The van der Waals surface area contributed by atoms with Crippen LogP contribution in [0.3, 0.4) is 0 Å². The van der Waals surface area contributed by atoms with Crippen LogP contribution in [0.2, 0.25) is 0 Å². The van der Waals surface area contributed by atoms with Crippen molar-refractivity contribution in [1.82, 2.24) is 10.2 Å². The highest BCUT2D eigenvalue weighted by Crippen LogP contribution is 2.32. The Hall–Kier alpha value is -1.55. The van der Waals surface area contributed by atoms with E-state index in [1.807, 2.05) is 33.2 Å². The Bertz CT molecular complexity index is 445. The summed E-state index contributed by atoms with van der Waals surface area (Å²) < 4.78 is 0. The van der Waals surface area contributed by atoms with Crippen molar-refractivity contribution in [2.45, 2.75) is 25.3 Å². The van der Waals surface area contributed by atoms with Crippen LogP contribution in [-0.2, 0) is 4.79 Å². The molecule has 0 fully saturated rings. The topological polar surface area (TPSA) is 44.4 Å². The maximum Gasteiger partial charge on any atom is 0.220 e. The highest BCUT2D eigenvalue weighted by Gasteiger charge is 2.24. The van der Waals surface area contributed by atoms with Crippen LogP contribution >= 0.6 is 0 Å². The largest absolute Gasteiger partial charge is 0.384 e. The van der Waals surface area contributed by atoms with Crippen molar-refractivity contribution in [1.29, 1.82) is 0 Å². The van der Waals surface area contributed by atoms with Gasteiger partial charge in [0.05, 0.1) is 0 Å². The monoisotopic (exact) mass is 261 g/mol. The molecule has 4 nitrogen and oxygen atoms in total. The SMILES string of the molecule is CC(CN(C)C)NC(=O)CC1CNc2ccccc21. The van der Waals surface area contributed by atoms with E-state index in [4.69, 9.17) is 0 Å². The minimum absolute atomic E-state index is 0.137. The maximum atomic E-state index is 12.0. The smallest absolute Gasteiger partial charge is 0.220 e. The predicted molar refractivity (Wildman–Crippen MR) is 78.4 cm³/mol. The van der Waals surface area contributed by atoms with Crippen molar-refractivity contribution in [3.63, 3.8) is 0 Å². The van der Waals surface area contributed by atoms with Gasteiger partial charge in [0, 0.05) is 37.2 Å². The van der Waals surface area contributed by atoms with Gasteiger partial charge in [-0.25, -0.2) is 0 Å². The van der Waals surface area contributed by atoms with Gasteiger partial charge in [0.2, 0.25) is 5.91 Å². The van der Waals surface area contributed by atoms with Crippen LogP contribution in [-0.4, -0.2) is 44.0 Å². The van der Waals surface area contributed by atoms with Gasteiger partial charge in [0.15, 0.2) is 0 Å². The minimum atomic E-state index is 0.137. The fourth-order valence-corrected chi connectivity index (χ4v) is 2.69. The van der Waals surface area contributed by atoms with Gasteiger partial charge in [-0.3, -0.25) is 4.79 Å². The lowest BCUT2D eigenvalue weighted by molar-refractivity contribution is -0.122. The van der Waals surface area contributed by atoms with Gasteiger partial charge >= 0.3 is 0 Å². The molecule has 19 heavy (non-hydrogen) atoms. The second-order valence-corrected chi connectivity index (χ2v) is 5.60. The van der Waals surface area contributed by atoms with Gasteiger partial charge < -0.3 is 15.5 Å². The summed E-state index contributed by atoms with van der Waals surface area (Å²) in [6.45, 7) is 3.76. The van der Waals surface area contributed by atoms with Gasteiger partial charge in [0.1, 0.15) is 0 Å². The van der Waals surface area contributed by atoms with E-state index in [1.165, 1.54) is 11.3 Å². The van der Waals surface area contributed by atoms with Crippen LogP contribution in [0.4, 0.5) is 5.69 Å². The third-order valence-corrected chi connectivity index (χ3v) is 3.42. The molecule has 4 heteroatoms. The molecule has 0 radical (unpaired) electrons. The number of hydrogen-bond donors (Lipinski definition) is 2. The van der Waals surface area contributed by atoms with Crippen LogP contribution < -0.4 is 10.6 Å². The van der Waals surface area contributed by atoms with E-state index in [0.717, 1.165) is 13.1 Å². The van der Waals surface area contributed by atoms with Crippen molar-refractivity contribution in [3.05, 3.63) is 29.8 Å². The highest BCUT2D eigenvalue weighted by molar-refractivity contribution is 5.78. The number of para-hydroxylation sites is 1. The van der Waals surface area contributed by atoms with Crippen molar-refractivity contribution in [3.8, 4) is 0 Å². The summed E-state index contributed by atoms with van der Waals surface area (Å²) in [5, 5.41) is 6.41. The van der Waals surface area contributed by atoms with E-state index in [2.05, 4.69) is 27.7 Å². The lowest BCUT2D eigenvalue weighted by atomic mass is 9.97. The fourth-order valence-electron chi connectivity index (χ4n) is 2.69. The number of carbonyl (C=O) groups is 1. The Kier molecular flexibility index (Phi) is 4.43. The molecule has 1 aromatic rings. The van der Waals surface area contributed by atoms with Crippen molar-refractivity contribution in [2.24, 2.45) is 0 Å². The summed E-state index contributed by atoms with van der Waals surface area (Å²) in [6.07, 6.45) is 0.557. The number of anilines is 1. The lowest BCUT2D eigenvalue weighted by Gasteiger charge is -2.19. The number of likely N-dealkylation sites (N-methyl/N-ethyl adjacent to an activating group) is 1. The average Bonchev–Trinajstić information content (AvgIpc) is 2.71. The molecular formula is C15H23N3O. The Balaban J connectivity index is 1.87. The van der Waals surface area contributed by atoms with Crippen LogP contribution in [0.5, 0.6) is 0 Å². The van der Waals surface area contributed by atoms with Crippen LogP contribution in [0.1, 0.15) is 24.8 Å². The molecule has 104 valence electrons. The Morgan fingerprint density at radius 3 is 2.95 bits per heavy atom. The molecule has 1 heterocycles. The number of amides is 1. The maximum absolute atomic E-state index is 12.0. The number of hydrogen-bond acceptors (Lipinski definition) is 3. The molecule has 2 rings (SSSR count). The van der Waals surface area contributed by atoms with Gasteiger partial charge in [0.25, 0.3) is 0 Å². The Labute approximate surface area is 115 Å². The standard InChI is InChI=1S/C15H23N3O/c1-11(10-18(2)3)17-15(19)8-12-9-16-14-7-5-4-6-13(12)14/h4-7,11-12,16H,8-10H2,1-3H3,(H,17,19). The summed E-state index contributed by atoms with van der Waals surface area (Å²) in [4.78, 5) is 14.1. The van der Waals surface area contributed by atoms with E-state index >= 15 is 0 Å². The van der Waals surface area contributed by atoms with Gasteiger partial charge in [-0.2, -0.15) is 0 Å². The van der Waals surface area contributed by atoms with E-state index in [9.17, 15) is 4.79 Å². The average molecular weight is 261 g/mol. The normalized spacial score (nSPS) is 18.8. The Morgan fingerprint density at radius 2 is 2.21 bits per heavy atom. The molecule has 1 aromatic carbocycles. The molecule has 2 unspecified atom stereocenters. The van der Waals surface area contributed by atoms with Crippen molar-refractivity contribution in [2.75, 3.05) is 32.5 Å². The third kappa shape index (κ3) is 3.70. The first kappa shape index (κ1) is 13.9. The molecule has 0 spiro atoms. The van der Waals surface area contributed by atoms with Gasteiger partial charge in [-0.15, -0.1) is 0 Å². The number of rotatable bonds is 5. The molecule has 0 aromatic heterocycles. The third-order valence-electron chi connectivity index (χ3n) is 3.42. The highest BCUT2D eigenvalue weighted by atomic mass is 16.1. The molecule has 2 atom stereocenters. The molecule has 1 aliphatic heterocycles. The zero-order valence-corrected chi connectivity index (χ0v) is 11.9. The number of nitrogens with zero attached hydrogens (tertiary/aromatic N) is 1. The zero-order chi connectivity index (χ0) is 13.8. The molecule has 0 bridgehead atoms. The van der Waals surface area contributed by atoms with Gasteiger partial charge in [-0.05, 0) is 32.6 Å². The summed E-state index contributed by atoms with van der Waals surface area (Å²) >= 11 is 0. The molecular weight excluding hydrogens is 238 g/mol. The number of carbonyl (C=O) groups excluding carboxylic acids is 1. The lowest BCUT2D eigenvalue weighted by Crippen LogP contribution is -2.40. The minimum Gasteiger partial charge on any atom is -0.384 e. The van der Waals surface area contributed by atoms with Gasteiger partial charge in [-0.1, -0.05) is 18.2 Å². The molecule has 2 N–H and O–H groups in total. The second kappa shape index (κ2) is 6.06. The first-order valence-electron chi connectivity index (χ1n) is 6.83. The van der Waals surface area contributed by atoms with E-state index in [0.29, 0.717) is 12.3 Å². The second-order valence-electron chi connectivity index (χ2n) is 5.60. The summed E-state index contributed by atoms with van der Waals surface area (Å²) in [7, 11) is 4.03. The molecule has 0 saturated heterocycles. The molecule has 0 saturated carbocycles. The zero-order valence-electron chi connectivity index (χ0n) is 11.9. The molecule has 1 amide bonds. The first-order chi connectivity index (χ1) is 9.06. The first-order valence-corrected chi connectivity index (χ1v) is 6.83. The van der Waals surface area contributed by atoms with Crippen LogP contribution in [0.25, 0.3) is 0 Å². The fraction of sp³-hybridized carbons (Fsp3) is 0.533. The van der Waals surface area contributed by atoms with Crippen molar-refractivity contribution < 1.29 is 4.79 Å². The summed E-state index contributed by atoms with van der Waals surface area (Å²) in [6, 6.07) is 8.42. The summed E-state index contributed by atoms with van der Waals surface area (Å²) in [5.74, 6) is 0.431. The summed E-state index contributed by atoms with van der Waals surface area (Å²) in [5.41, 5.74) is 2.43. The Morgan fingerprint density at radius 1 is 1.47 bits per heavy atom. The predicted octanol–water partition coefficient (Wildman–Crippen LogP) is 1.65.